The van der Waals surface area contributed by atoms with E-state index in [1.807, 2.05) is 0 Å². The van der Waals surface area contributed by atoms with Crippen LogP contribution in [0.25, 0.3) is 0 Å². The minimum atomic E-state index is -3.14. The molecule has 1 aliphatic rings. The number of hydrogen-bond acceptors (Lipinski definition) is 5. The number of sulfone groups is 1. The van der Waals surface area contributed by atoms with Crippen LogP contribution in [0.2, 0.25) is 10.0 Å². The monoisotopic (exact) mass is 379 g/mol. The van der Waals surface area contributed by atoms with Crippen LogP contribution in [0.3, 0.4) is 0 Å². The Hall–Kier alpha value is -1.31. The molecule has 1 fully saturated rings. The minimum absolute atomic E-state index is 0.0317. The number of esters is 1. The smallest absolute Gasteiger partial charge is 0.340 e. The molecule has 0 aliphatic carbocycles. The van der Waals surface area contributed by atoms with Gasteiger partial charge < -0.3 is 10.1 Å². The van der Waals surface area contributed by atoms with E-state index < -0.39 is 33.9 Å². The summed E-state index contributed by atoms with van der Waals surface area (Å²) in [4.78, 5) is 23.7. The molecule has 9 heteroatoms. The van der Waals surface area contributed by atoms with Gasteiger partial charge in [-0.25, -0.2) is 13.2 Å². The van der Waals surface area contributed by atoms with E-state index in [1.165, 1.54) is 18.2 Å². The molecular weight excluding hydrogens is 365 g/mol. The Labute approximate surface area is 144 Å². The molecule has 126 valence electrons. The van der Waals surface area contributed by atoms with Crippen molar-refractivity contribution in [1.29, 1.82) is 0 Å². The van der Waals surface area contributed by atoms with Gasteiger partial charge in [-0.3, -0.25) is 4.79 Å². The summed E-state index contributed by atoms with van der Waals surface area (Å²) >= 11 is 11.6. The Bertz CT molecular complexity index is 750. The zero-order valence-corrected chi connectivity index (χ0v) is 14.6. The first-order valence-electron chi connectivity index (χ1n) is 6.74. The van der Waals surface area contributed by atoms with Gasteiger partial charge in [0.05, 0.1) is 27.6 Å². The lowest BCUT2D eigenvalue weighted by molar-refractivity contribution is -0.125. The van der Waals surface area contributed by atoms with E-state index in [9.17, 15) is 18.0 Å². The normalized spacial score (nSPS) is 22.6. The molecule has 1 aromatic carbocycles. The van der Waals surface area contributed by atoms with Crippen LogP contribution < -0.4 is 5.32 Å². The second kappa shape index (κ2) is 6.67. The average Bonchev–Trinajstić information content (AvgIpc) is 2.69. The maximum atomic E-state index is 11.9. The fraction of sp³-hybridized carbons (Fsp3) is 0.429. The van der Waals surface area contributed by atoms with Crippen LogP contribution in [0.4, 0.5) is 0 Å². The number of benzene rings is 1. The number of carbonyl (C=O) groups excluding carboxylic acids is 2. The zero-order valence-electron chi connectivity index (χ0n) is 12.3. The molecule has 1 aromatic rings. The quantitative estimate of drug-likeness (QED) is 0.806. The number of nitrogens with one attached hydrogen (secondary N) is 1. The molecule has 0 bridgehead atoms. The Morgan fingerprint density at radius 3 is 2.61 bits per heavy atom. The molecular formula is C14H15Cl2NO5S. The molecule has 1 atom stereocenters. The van der Waals surface area contributed by atoms with Crippen LogP contribution in [0.1, 0.15) is 23.7 Å². The van der Waals surface area contributed by atoms with Crippen molar-refractivity contribution < 1.29 is 22.7 Å². The van der Waals surface area contributed by atoms with E-state index in [1.54, 1.807) is 6.92 Å². The van der Waals surface area contributed by atoms with Crippen molar-refractivity contribution in [3.63, 3.8) is 0 Å². The second-order valence-electron chi connectivity index (χ2n) is 5.65. The Balaban J connectivity index is 1.90. The molecule has 2 rings (SSSR count). The molecule has 1 heterocycles. The first-order chi connectivity index (χ1) is 10.6. The van der Waals surface area contributed by atoms with Gasteiger partial charge in [0, 0.05) is 5.02 Å². The summed E-state index contributed by atoms with van der Waals surface area (Å²) in [5.74, 6) is -1.42. The first kappa shape index (κ1) is 18.0. The lowest BCUT2D eigenvalue weighted by atomic mass is 10.0. The molecule has 0 unspecified atom stereocenters. The summed E-state index contributed by atoms with van der Waals surface area (Å²) in [6, 6.07) is 4.27. The van der Waals surface area contributed by atoms with Gasteiger partial charge in [0.15, 0.2) is 16.4 Å². The fourth-order valence-electron chi connectivity index (χ4n) is 2.35. The predicted octanol–water partition coefficient (Wildman–Crippen LogP) is 1.84. The summed E-state index contributed by atoms with van der Waals surface area (Å²) in [6.45, 7) is 1.13. The van der Waals surface area contributed by atoms with Crippen molar-refractivity contribution in [2.24, 2.45) is 0 Å². The predicted molar refractivity (Wildman–Crippen MR) is 86.6 cm³/mol. The van der Waals surface area contributed by atoms with Gasteiger partial charge in [-0.15, -0.1) is 0 Å². The van der Waals surface area contributed by atoms with Crippen molar-refractivity contribution in [2.45, 2.75) is 18.9 Å². The highest BCUT2D eigenvalue weighted by Crippen LogP contribution is 2.23. The van der Waals surface area contributed by atoms with Crippen LogP contribution in [0, 0.1) is 0 Å². The van der Waals surface area contributed by atoms with Gasteiger partial charge in [-0.2, -0.15) is 0 Å². The second-order valence-corrected chi connectivity index (χ2v) is 8.68. The third-order valence-electron chi connectivity index (χ3n) is 3.43. The van der Waals surface area contributed by atoms with Crippen LogP contribution >= 0.6 is 23.2 Å². The Kier molecular flexibility index (Phi) is 5.23. The van der Waals surface area contributed by atoms with Crippen LogP contribution in [0.5, 0.6) is 0 Å². The van der Waals surface area contributed by atoms with E-state index >= 15 is 0 Å². The first-order valence-corrected chi connectivity index (χ1v) is 9.32. The van der Waals surface area contributed by atoms with Crippen LogP contribution in [-0.2, 0) is 19.4 Å². The molecule has 0 saturated carbocycles. The fourth-order valence-corrected chi connectivity index (χ4v) is 4.92. The number of amides is 1. The SMILES string of the molecule is C[C@]1(NC(=O)COC(=O)c2ccc(Cl)cc2Cl)CCS(=O)(=O)C1. The molecule has 1 N–H and O–H groups in total. The maximum absolute atomic E-state index is 11.9. The number of halogens is 2. The van der Waals surface area contributed by atoms with Crippen LogP contribution in [-0.4, -0.2) is 43.9 Å². The van der Waals surface area contributed by atoms with Gasteiger partial charge in [-0.05, 0) is 31.5 Å². The number of ether oxygens (including phenoxy) is 1. The highest BCUT2D eigenvalue weighted by molar-refractivity contribution is 7.91. The lowest BCUT2D eigenvalue weighted by Crippen LogP contribution is -2.48. The summed E-state index contributed by atoms with van der Waals surface area (Å²) in [5.41, 5.74) is -0.737. The van der Waals surface area contributed by atoms with Crippen LogP contribution in [0.15, 0.2) is 18.2 Å². The molecule has 1 aliphatic heterocycles. The number of carbonyl (C=O) groups is 2. The largest absolute Gasteiger partial charge is 0.452 e. The van der Waals surface area contributed by atoms with E-state index in [2.05, 4.69) is 5.32 Å². The minimum Gasteiger partial charge on any atom is -0.452 e. The lowest BCUT2D eigenvalue weighted by Gasteiger charge is -2.23. The highest BCUT2D eigenvalue weighted by atomic mass is 35.5. The summed E-state index contributed by atoms with van der Waals surface area (Å²) in [7, 11) is -3.14. The van der Waals surface area contributed by atoms with Crippen molar-refractivity contribution >= 4 is 44.9 Å². The summed E-state index contributed by atoms with van der Waals surface area (Å²) < 4.78 is 27.9. The van der Waals surface area contributed by atoms with E-state index in [0.29, 0.717) is 11.4 Å². The van der Waals surface area contributed by atoms with E-state index in [0.717, 1.165) is 0 Å². The van der Waals surface area contributed by atoms with Gasteiger partial charge in [0.25, 0.3) is 5.91 Å². The maximum Gasteiger partial charge on any atom is 0.340 e. The number of rotatable bonds is 4. The standard InChI is InChI=1S/C14H15Cl2NO5S/c1-14(4-5-23(20,21)8-14)17-12(18)7-22-13(19)10-3-2-9(15)6-11(10)16/h2-3,6H,4-5,7-8H2,1H3,(H,17,18)/t14-/m0/s1. The summed E-state index contributed by atoms with van der Waals surface area (Å²) in [6.07, 6.45) is 0.331. The average molecular weight is 380 g/mol. The molecule has 23 heavy (non-hydrogen) atoms. The van der Waals surface area contributed by atoms with Crippen molar-refractivity contribution in [1.82, 2.24) is 5.32 Å². The van der Waals surface area contributed by atoms with E-state index in [-0.39, 0.29) is 22.1 Å². The topological polar surface area (TPSA) is 89.5 Å². The number of hydrogen-bond donors (Lipinski definition) is 1. The third-order valence-corrected chi connectivity index (χ3v) is 5.88. The van der Waals surface area contributed by atoms with Gasteiger partial charge in [0.1, 0.15) is 0 Å². The summed E-state index contributed by atoms with van der Waals surface area (Å²) in [5, 5.41) is 3.09. The van der Waals surface area contributed by atoms with Crippen molar-refractivity contribution in [2.75, 3.05) is 18.1 Å². The van der Waals surface area contributed by atoms with Crippen molar-refractivity contribution in [3.8, 4) is 0 Å². The molecule has 1 saturated heterocycles. The highest BCUT2D eigenvalue weighted by Gasteiger charge is 2.39. The molecule has 0 radical (unpaired) electrons. The third kappa shape index (κ3) is 4.83. The molecule has 0 aromatic heterocycles. The van der Waals surface area contributed by atoms with Gasteiger partial charge in [-0.1, -0.05) is 23.2 Å². The van der Waals surface area contributed by atoms with Gasteiger partial charge in [0.2, 0.25) is 0 Å². The van der Waals surface area contributed by atoms with Crippen molar-refractivity contribution in [3.05, 3.63) is 33.8 Å². The Morgan fingerprint density at radius 2 is 2.04 bits per heavy atom. The Morgan fingerprint density at radius 1 is 1.35 bits per heavy atom. The van der Waals surface area contributed by atoms with E-state index in [4.69, 9.17) is 27.9 Å². The molecule has 1 amide bonds. The zero-order chi connectivity index (χ0) is 17.3. The molecule has 0 spiro atoms. The molecule has 6 nitrogen and oxygen atoms in total. The van der Waals surface area contributed by atoms with Gasteiger partial charge >= 0.3 is 5.97 Å².